The van der Waals surface area contributed by atoms with Gasteiger partial charge in [-0.15, -0.1) is 11.3 Å². The smallest absolute Gasteiger partial charge is 0.262 e. The van der Waals surface area contributed by atoms with E-state index in [9.17, 15) is 8.42 Å². The van der Waals surface area contributed by atoms with Gasteiger partial charge in [0.15, 0.2) is 11.5 Å². The summed E-state index contributed by atoms with van der Waals surface area (Å²) in [6.45, 7) is 5.83. The maximum atomic E-state index is 13.4. The Hall–Kier alpha value is -2.78. The number of nitrogens with zero attached hydrogens (tertiary/aromatic N) is 1. The van der Waals surface area contributed by atoms with Gasteiger partial charge in [-0.05, 0) is 24.5 Å². The Morgan fingerprint density at radius 3 is 2.13 bits per heavy atom. The molecule has 0 saturated heterocycles. The average Bonchev–Trinajstić information content (AvgIpc) is 3.18. The Morgan fingerprint density at radius 2 is 1.65 bits per heavy atom. The zero-order valence-electron chi connectivity index (χ0n) is 18.3. The lowest BCUT2D eigenvalue weighted by Crippen LogP contribution is -2.16. The number of nitrogens with one attached hydrogen (secondary N) is 1. The highest BCUT2D eigenvalue weighted by Crippen LogP contribution is 2.41. The molecule has 0 aliphatic heterocycles. The lowest BCUT2D eigenvalue weighted by molar-refractivity contribution is 0.325. The van der Waals surface area contributed by atoms with Gasteiger partial charge in [0.1, 0.15) is 0 Å². The van der Waals surface area contributed by atoms with E-state index in [4.69, 9.17) is 14.2 Å². The van der Waals surface area contributed by atoms with Crippen LogP contribution in [0.3, 0.4) is 0 Å². The number of thiazole rings is 1. The van der Waals surface area contributed by atoms with Crippen molar-refractivity contribution in [3.05, 3.63) is 46.3 Å². The Bertz CT molecular complexity index is 1160. The van der Waals surface area contributed by atoms with Gasteiger partial charge in [-0.2, -0.15) is 0 Å². The van der Waals surface area contributed by atoms with E-state index in [1.165, 1.54) is 32.7 Å². The molecule has 0 saturated carbocycles. The molecule has 2 aromatic carbocycles. The van der Waals surface area contributed by atoms with E-state index < -0.39 is 10.0 Å². The van der Waals surface area contributed by atoms with Crippen LogP contribution in [0.15, 0.2) is 40.6 Å². The summed E-state index contributed by atoms with van der Waals surface area (Å²) in [7, 11) is 0.538. The summed E-state index contributed by atoms with van der Waals surface area (Å²) in [5, 5.41) is 2.84. The van der Waals surface area contributed by atoms with Crippen molar-refractivity contribution in [1.29, 1.82) is 0 Å². The van der Waals surface area contributed by atoms with Crippen LogP contribution in [-0.4, -0.2) is 34.7 Å². The van der Waals surface area contributed by atoms with E-state index in [0.717, 1.165) is 21.8 Å². The number of sulfonamides is 1. The third-order valence-electron chi connectivity index (χ3n) is 4.76. The average molecular weight is 463 g/mol. The zero-order valence-corrected chi connectivity index (χ0v) is 20.0. The summed E-state index contributed by atoms with van der Waals surface area (Å²) in [6.07, 6.45) is 0. The largest absolute Gasteiger partial charge is 0.493 e. The van der Waals surface area contributed by atoms with Crippen molar-refractivity contribution in [2.45, 2.75) is 31.6 Å². The van der Waals surface area contributed by atoms with Crippen LogP contribution >= 0.6 is 11.3 Å². The number of anilines is 1. The predicted octanol–water partition coefficient (Wildman–Crippen LogP) is 5.07. The topological polar surface area (TPSA) is 86.8 Å². The van der Waals surface area contributed by atoms with Crippen LogP contribution in [0.25, 0.3) is 11.3 Å². The van der Waals surface area contributed by atoms with Crippen LogP contribution in [0, 0.1) is 6.92 Å². The van der Waals surface area contributed by atoms with Crippen LogP contribution in [-0.2, 0) is 10.0 Å². The maximum Gasteiger partial charge on any atom is 0.262 e. The molecule has 0 aliphatic rings. The number of methoxy groups -OCH3 is 3. The molecule has 166 valence electrons. The van der Waals surface area contributed by atoms with Crippen molar-refractivity contribution in [2.24, 2.45) is 0 Å². The van der Waals surface area contributed by atoms with Gasteiger partial charge in [0.2, 0.25) is 5.75 Å². The van der Waals surface area contributed by atoms with E-state index in [2.05, 4.69) is 9.71 Å². The first kappa shape index (κ1) is 22.9. The molecular weight excluding hydrogens is 436 g/mol. The molecule has 0 amide bonds. The van der Waals surface area contributed by atoms with Gasteiger partial charge in [0.25, 0.3) is 10.0 Å². The third-order valence-corrected chi connectivity index (χ3v) is 6.97. The minimum atomic E-state index is -3.91. The first-order valence-electron chi connectivity index (χ1n) is 9.59. The molecule has 3 aromatic rings. The minimum Gasteiger partial charge on any atom is -0.493 e. The molecule has 9 heteroatoms. The van der Waals surface area contributed by atoms with Gasteiger partial charge in [-0.25, -0.2) is 13.4 Å². The summed E-state index contributed by atoms with van der Waals surface area (Å²) in [5.41, 5.74) is 2.52. The molecule has 0 unspecified atom stereocenters. The van der Waals surface area contributed by atoms with Gasteiger partial charge < -0.3 is 14.2 Å². The highest BCUT2D eigenvalue weighted by Gasteiger charge is 2.23. The molecule has 3 rings (SSSR count). The normalized spacial score (nSPS) is 11.5. The summed E-state index contributed by atoms with van der Waals surface area (Å²) in [6, 6.07) is 8.54. The van der Waals surface area contributed by atoms with Crippen molar-refractivity contribution in [1.82, 2.24) is 4.98 Å². The Kier molecular flexibility index (Phi) is 6.76. The highest BCUT2D eigenvalue weighted by molar-refractivity contribution is 7.92. The minimum absolute atomic E-state index is 0.0118. The second-order valence-corrected chi connectivity index (χ2v) is 9.89. The molecule has 0 bridgehead atoms. The predicted molar refractivity (Wildman–Crippen MR) is 123 cm³/mol. The summed E-state index contributed by atoms with van der Waals surface area (Å²) in [4.78, 5) is 4.69. The van der Waals surface area contributed by atoms with E-state index in [1.807, 2.05) is 38.3 Å². The molecule has 31 heavy (non-hydrogen) atoms. The second kappa shape index (κ2) is 9.15. The Balaban J connectivity index is 2.09. The van der Waals surface area contributed by atoms with Crippen LogP contribution in [0.1, 0.15) is 30.3 Å². The van der Waals surface area contributed by atoms with Gasteiger partial charge >= 0.3 is 0 Å². The van der Waals surface area contributed by atoms with E-state index in [0.29, 0.717) is 22.9 Å². The fraction of sp³-hybridized carbons (Fsp3) is 0.318. The van der Waals surface area contributed by atoms with Crippen molar-refractivity contribution in [3.8, 4) is 28.5 Å². The lowest BCUT2D eigenvalue weighted by atomic mass is 10.0. The first-order chi connectivity index (χ1) is 14.7. The fourth-order valence-electron chi connectivity index (χ4n) is 3.25. The van der Waals surface area contributed by atoms with Crippen molar-refractivity contribution >= 4 is 27.0 Å². The number of rotatable bonds is 8. The number of hydrogen-bond donors (Lipinski definition) is 1. The molecule has 0 radical (unpaired) electrons. The van der Waals surface area contributed by atoms with Crippen LogP contribution in [0.5, 0.6) is 17.2 Å². The maximum absolute atomic E-state index is 13.4. The highest BCUT2D eigenvalue weighted by atomic mass is 32.2. The van der Waals surface area contributed by atoms with E-state index in [-0.39, 0.29) is 10.8 Å². The summed E-state index contributed by atoms with van der Waals surface area (Å²) in [5.74, 6) is 1.11. The summed E-state index contributed by atoms with van der Waals surface area (Å²) < 4.78 is 45.5. The molecular formula is C22H26N2O5S2. The number of benzene rings is 2. The molecule has 0 aliphatic carbocycles. The molecule has 0 fully saturated rings. The number of aromatic nitrogens is 1. The van der Waals surface area contributed by atoms with Gasteiger partial charge in [0.05, 0.1) is 42.6 Å². The Labute approximate surface area is 187 Å². The second-order valence-electron chi connectivity index (χ2n) is 7.18. The SMILES string of the molecule is COc1cc(NS(=O)(=O)c2cc(-c3csc(C)n3)ccc2C(C)C)cc(OC)c1OC. The van der Waals surface area contributed by atoms with Crippen LogP contribution in [0.2, 0.25) is 0 Å². The molecule has 0 atom stereocenters. The Morgan fingerprint density at radius 1 is 1.00 bits per heavy atom. The molecule has 1 heterocycles. The van der Waals surface area contributed by atoms with Crippen LogP contribution in [0.4, 0.5) is 5.69 Å². The van der Waals surface area contributed by atoms with Gasteiger partial charge in [0, 0.05) is 23.1 Å². The number of ether oxygens (including phenoxy) is 3. The molecule has 1 N–H and O–H groups in total. The van der Waals surface area contributed by atoms with Gasteiger partial charge in [-0.3, -0.25) is 4.72 Å². The van der Waals surface area contributed by atoms with Crippen molar-refractivity contribution < 1.29 is 22.6 Å². The quantitative estimate of drug-likeness (QED) is 0.503. The zero-order chi connectivity index (χ0) is 22.8. The molecule has 1 aromatic heterocycles. The van der Waals surface area contributed by atoms with Crippen molar-refractivity contribution in [3.63, 3.8) is 0 Å². The third kappa shape index (κ3) is 4.77. The number of hydrogen-bond acceptors (Lipinski definition) is 7. The standard InChI is InChI=1S/C22H26N2O5S2/c1-13(2)17-8-7-15(18-12-30-14(3)23-18)9-21(17)31(25,26)24-16-10-19(27-4)22(29-6)20(11-16)28-5/h7-13,24H,1-6H3. The lowest BCUT2D eigenvalue weighted by Gasteiger charge is -2.18. The van der Waals surface area contributed by atoms with Crippen molar-refractivity contribution in [2.75, 3.05) is 26.1 Å². The molecule has 7 nitrogen and oxygen atoms in total. The number of aryl methyl sites for hydroxylation is 1. The fourth-order valence-corrected chi connectivity index (χ4v) is 5.31. The monoisotopic (exact) mass is 462 g/mol. The molecule has 0 spiro atoms. The van der Waals surface area contributed by atoms with E-state index >= 15 is 0 Å². The summed E-state index contributed by atoms with van der Waals surface area (Å²) >= 11 is 1.52. The van der Waals surface area contributed by atoms with E-state index in [1.54, 1.807) is 18.2 Å². The van der Waals surface area contributed by atoms with Crippen LogP contribution < -0.4 is 18.9 Å². The first-order valence-corrected chi connectivity index (χ1v) is 12.0. The van der Waals surface area contributed by atoms with Gasteiger partial charge in [-0.1, -0.05) is 26.0 Å².